The lowest BCUT2D eigenvalue weighted by Crippen LogP contribution is -2.41. The van der Waals surface area contributed by atoms with E-state index in [1.807, 2.05) is 68.4 Å². The predicted octanol–water partition coefficient (Wildman–Crippen LogP) is 3.08. The average Bonchev–Trinajstić information content (AvgIpc) is 3.27. The average molecular weight is 426 g/mol. The summed E-state index contributed by atoms with van der Waals surface area (Å²) in [6, 6.07) is 22.1. The van der Waals surface area contributed by atoms with E-state index in [0.717, 1.165) is 22.3 Å². The van der Waals surface area contributed by atoms with Gasteiger partial charge in [0, 0.05) is 16.7 Å². The molecule has 2 N–H and O–H groups in total. The summed E-state index contributed by atoms with van der Waals surface area (Å²) in [5.74, 6) is -0.208. The van der Waals surface area contributed by atoms with E-state index in [-0.39, 0.29) is 5.91 Å². The van der Waals surface area contributed by atoms with Crippen LogP contribution < -0.4 is 10.9 Å². The predicted molar refractivity (Wildman–Crippen MR) is 120 cm³/mol. The number of carbonyl (C=O) groups excluding carboxylic acids is 2. The zero-order valence-corrected chi connectivity index (χ0v) is 17.7. The molecular weight excluding hydrogens is 404 g/mol. The highest BCUT2D eigenvalue weighted by atomic mass is 16.2. The van der Waals surface area contributed by atoms with Crippen molar-refractivity contribution in [2.75, 3.05) is 0 Å². The molecule has 0 saturated carbocycles. The monoisotopic (exact) mass is 426 g/mol. The van der Waals surface area contributed by atoms with E-state index in [1.54, 1.807) is 18.2 Å². The molecule has 0 spiro atoms. The number of aryl methyl sites for hydroxylation is 2. The zero-order chi connectivity index (χ0) is 22.5. The number of hydrazine groups is 1. The van der Waals surface area contributed by atoms with Gasteiger partial charge >= 0.3 is 0 Å². The molecule has 1 heterocycles. The van der Waals surface area contributed by atoms with E-state index in [0.29, 0.717) is 23.5 Å². The number of nitrogens with one attached hydrogen (secondary N) is 2. The second-order valence-corrected chi connectivity index (χ2v) is 7.43. The molecule has 0 atom stereocenters. The van der Waals surface area contributed by atoms with E-state index in [4.69, 9.17) is 0 Å². The first-order chi connectivity index (χ1) is 15.5. The van der Waals surface area contributed by atoms with Crippen molar-refractivity contribution < 1.29 is 9.59 Å². The van der Waals surface area contributed by atoms with Crippen LogP contribution in [0.25, 0.3) is 11.4 Å². The molecule has 0 aliphatic heterocycles. The van der Waals surface area contributed by atoms with E-state index in [2.05, 4.69) is 26.3 Å². The number of amides is 2. The number of carbonyl (C=O) groups is 2. The van der Waals surface area contributed by atoms with Crippen molar-refractivity contribution in [3.8, 4) is 11.4 Å². The van der Waals surface area contributed by atoms with Crippen LogP contribution in [0.5, 0.6) is 0 Å². The lowest BCUT2D eigenvalue weighted by molar-refractivity contribution is 0.0846. The Morgan fingerprint density at radius 1 is 0.875 bits per heavy atom. The maximum absolute atomic E-state index is 12.4. The third kappa shape index (κ3) is 4.86. The van der Waals surface area contributed by atoms with E-state index in [9.17, 15) is 9.59 Å². The lowest BCUT2D eigenvalue weighted by Gasteiger charge is -2.10. The standard InChI is InChI=1S/C24H22N6O2/c1-16-8-13-21(17(2)14-16)24(32)27-26-23(31)20-11-9-18(10-12-20)15-30-28-22(25-29-30)19-6-4-3-5-7-19/h3-14H,15H2,1-2H3,(H,26,31)(H,27,32). The number of hydrogen-bond donors (Lipinski definition) is 2. The Kier molecular flexibility index (Phi) is 6.03. The van der Waals surface area contributed by atoms with Crippen molar-refractivity contribution in [1.82, 2.24) is 31.1 Å². The minimum Gasteiger partial charge on any atom is -0.267 e. The highest BCUT2D eigenvalue weighted by molar-refractivity contribution is 5.99. The van der Waals surface area contributed by atoms with Gasteiger partial charge in [-0.05, 0) is 48.4 Å². The summed E-state index contributed by atoms with van der Waals surface area (Å²) in [6.45, 7) is 4.24. The van der Waals surface area contributed by atoms with Gasteiger partial charge < -0.3 is 0 Å². The van der Waals surface area contributed by atoms with Crippen LogP contribution in [0.2, 0.25) is 0 Å². The van der Waals surface area contributed by atoms with Gasteiger partial charge in [0.2, 0.25) is 5.82 Å². The van der Waals surface area contributed by atoms with Crippen molar-refractivity contribution in [2.24, 2.45) is 0 Å². The fourth-order valence-electron chi connectivity index (χ4n) is 3.26. The Bertz CT molecular complexity index is 1250. The topological polar surface area (TPSA) is 102 Å². The van der Waals surface area contributed by atoms with E-state index < -0.39 is 5.91 Å². The van der Waals surface area contributed by atoms with Crippen LogP contribution in [-0.4, -0.2) is 32.0 Å². The van der Waals surface area contributed by atoms with Crippen LogP contribution in [0.1, 0.15) is 37.4 Å². The maximum atomic E-state index is 12.4. The summed E-state index contributed by atoms with van der Waals surface area (Å²) >= 11 is 0. The second-order valence-electron chi connectivity index (χ2n) is 7.43. The number of hydrogen-bond acceptors (Lipinski definition) is 5. The smallest absolute Gasteiger partial charge is 0.267 e. The molecule has 2 amide bonds. The third-order valence-corrected chi connectivity index (χ3v) is 4.94. The number of tetrazole rings is 1. The Hall–Kier alpha value is -4.33. The molecule has 0 fully saturated rings. The summed E-state index contributed by atoms with van der Waals surface area (Å²) in [5, 5.41) is 12.6. The number of nitrogens with zero attached hydrogens (tertiary/aromatic N) is 4. The second kappa shape index (κ2) is 9.22. The lowest BCUT2D eigenvalue weighted by atomic mass is 10.1. The van der Waals surface area contributed by atoms with Crippen LogP contribution in [0.4, 0.5) is 0 Å². The van der Waals surface area contributed by atoms with Crippen LogP contribution in [-0.2, 0) is 6.54 Å². The molecular formula is C24H22N6O2. The van der Waals surface area contributed by atoms with Gasteiger partial charge in [-0.1, -0.05) is 60.2 Å². The van der Waals surface area contributed by atoms with Crippen molar-refractivity contribution in [3.63, 3.8) is 0 Å². The van der Waals surface area contributed by atoms with Crippen molar-refractivity contribution in [3.05, 3.63) is 101 Å². The first-order valence-electron chi connectivity index (χ1n) is 10.1. The molecule has 0 unspecified atom stereocenters. The Balaban J connectivity index is 1.34. The van der Waals surface area contributed by atoms with Gasteiger partial charge in [0.15, 0.2) is 0 Å². The van der Waals surface area contributed by atoms with Gasteiger partial charge in [-0.15, -0.1) is 10.2 Å². The molecule has 4 rings (SSSR count). The molecule has 8 heteroatoms. The fourth-order valence-corrected chi connectivity index (χ4v) is 3.26. The molecule has 0 saturated heterocycles. The van der Waals surface area contributed by atoms with Crippen LogP contribution in [0.3, 0.4) is 0 Å². The SMILES string of the molecule is Cc1ccc(C(=O)NNC(=O)c2ccc(Cn3nnc(-c4ccccc4)n3)cc2)c(C)c1. The summed E-state index contributed by atoms with van der Waals surface area (Å²) in [6.07, 6.45) is 0. The van der Waals surface area contributed by atoms with Gasteiger partial charge in [-0.25, -0.2) is 0 Å². The molecule has 0 aliphatic rings. The summed E-state index contributed by atoms with van der Waals surface area (Å²) < 4.78 is 0. The van der Waals surface area contributed by atoms with Crippen LogP contribution >= 0.6 is 0 Å². The first kappa shape index (κ1) is 20.9. The fraction of sp³-hybridized carbons (Fsp3) is 0.125. The van der Waals surface area contributed by atoms with E-state index >= 15 is 0 Å². The number of rotatable bonds is 5. The molecule has 0 radical (unpaired) electrons. The van der Waals surface area contributed by atoms with Gasteiger partial charge in [-0.2, -0.15) is 4.80 Å². The van der Waals surface area contributed by atoms with Crippen LogP contribution in [0.15, 0.2) is 72.8 Å². The van der Waals surface area contributed by atoms with Crippen molar-refractivity contribution in [2.45, 2.75) is 20.4 Å². The summed E-state index contributed by atoms with van der Waals surface area (Å²) in [4.78, 5) is 26.2. The van der Waals surface area contributed by atoms with Crippen molar-refractivity contribution in [1.29, 1.82) is 0 Å². The number of benzene rings is 3. The minimum atomic E-state index is -0.403. The quantitative estimate of drug-likeness (QED) is 0.478. The minimum absolute atomic E-state index is 0.362. The van der Waals surface area contributed by atoms with Crippen molar-refractivity contribution >= 4 is 11.8 Å². The van der Waals surface area contributed by atoms with Gasteiger partial charge in [-0.3, -0.25) is 20.4 Å². The molecule has 0 aliphatic carbocycles. The molecule has 0 bridgehead atoms. The van der Waals surface area contributed by atoms with Gasteiger partial charge in [0.05, 0.1) is 6.54 Å². The van der Waals surface area contributed by atoms with Crippen LogP contribution in [0, 0.1) is 13.8 Å². The largest absolute Gasteiger partial charge is 0.269 e. The highest BCUT2D eigenvalue weighted by Crippen LogP contribution is 2.13. The zero-order valence-electron chi connectivity index (χ0n) is 17.7. The molecule has 32 heavy (non-hydrogen) atoms. The van der Waals surface area contributed by atoms with Gasteiger partial charge in [0.1, 0.15) is 0 Å². The highest BCUT2D eigenvalue weighted by Gasteiger charge is 2.12. The maximum Gasteiger partial charge on any atom is 0.269 e. The summed E-state index contributed by atoms with van der Waals surface area (Å²) in [5.41, 5.74) is 9.58. The number of aromatic nitrogens is 4. The Morgan fingerprint density at radius 2 is 1.59 bits per heavy atom. The molecule has 4 aromatic rings. The molecule has 8 nitrogen and oxygen atoms in total. The summed E-state index contributed by atoms with van der Waals surface area (Å²) in [7, 11) is 0. The molecule has 160 valence electrons. The molecule has 3 aromatic carbocycles. The molecule has 1 aromatic heterocycles. The van der Waals surface area contributed by atoms with Gasteiger partial charge in [0.25, 0.3) is 11.8 Å². The Labute approximate surface area is 185 Å². The van der Waals surface area contributed by atoms with E-state index in [1.165, 1.54) is 4.80 Å². The normalized spacial score (nSPS) is 10.6. The first-order valence-corrected chi connectivity index (χ1v) is 10.1. The third-order valence-electron chi connectivity index (χ3n) is 4.94. The Morgan fingerprint density at radius 3 is 2.31 bits per heavy atom.